The zero-order valence-electron chi connectivity index (χ0n) is 7.43. The highest BCUT2D eigenvalue weighted by atomic mass is 35.5. The number of alkyl halides is 3. The Balaban J connectivity index is 3.43. The second kappa shape index (κ2) is 3.69. The molecule has 3 nitrogen and oxygen atoms in total. The van der Waals surface area contributed by atoms with Gasteiger partial charge in [-0.3, -0.25) is 10.1 Å². The van der Waals surface area contributed by atoms with E-state index in [0.717, 1.165) is 6.07 Å². The minimum Gasteiger partial charge on any atom is -0.258 e. The molecule has 0 unspecified atom stereocenters. The maximum absolute atomic E-state index is 12.4. The van der Waals surface area contributed by atoms with E-state index in [0.29, 0.717) is 6.07 Å². The standard InChI is InChI=1S/C8H5ClF3NO2/c1-4-2-6(9)7(13(14)15)3-5(4)8(10,11)12/h2-3H,1H3. The van der Waals surface area contributed by atoms with Crippen molar-refractivity contribution < 1.29 is 18.1 Å². The minimum absolute atomic E-state index is 0.141. The second-order valence-corrected chi connectivity index (χ2v) is 3.28. The van der Waals surface area contributed by atoms with Crippen LogP contribution in [0.1, 0.15) is 11.1 Å². The van der Waals surface area contributed by atoms with Gasteiger partial charge in [0.25, 0.3) is 5.69 Å². The van der Waals surface area contributed by atoms with Gasteiger partial charge in [0, 0.05) is 6.07 Å². The molecule has 15 heavy (non-hydrogen) atoms. The summed E-state index contributed by atoms with van der Waals surface area (Å²) in [5.74, 6) is 0. The summed E-state index contributed by atoms with van der Waals surface area (Å²) in [6.07, 6.45) is -4.61. The maximum Gasteiger partial charge on any atom is 0.416 e. The molecule has 0 aliphatic heterocycles. The van der Waals surface area contributed by atoms with E-state index in [1.165, 1.54) is 6.92 Å². The molecule has 0 saturated carbocycles. The summed E-state index contributed by atoms with van der Waals surface area (Å²) >= 11 is 5.44. The Morgan fingerprint density at radius 2 is 1.93 bits per heavy atom. The molecule has 0 aromatic heterocycles. The van der Waals surface area contributed by atoms with E-state index in [1.54, 1.807) is 0 Å². The molecule has 0 heterocycles. The molecule has 0 amide bonds. The molecule has 1 rings (SSSR count). The molecule has 0 spiro atoms. The fourth-order valence-corrected chi connectivity index (χ4v) is 1.39. The van der Waals surface area contributed by atoms with Crippen LogP contribution in [-0.2, 0) is 6.18 Å². The van der Waals surface area contributed by atoms with Gasteiger partial charge >= 0.3 is 6.18 Å². The van der Waals surface area contributed by atoms with Crippen molar-refractivity contribution in [2.45, 2.75) is 13.1 Å². The number of halogens is 4. The first kappa shape index (κ1) is 11.8. The van der Waals surface area contributed by atoms with E-state index in [4.69, 9.17) is 11.6 Å². The summed E-state index contributed by atoms with van der Waals surface area (Å²) in [4.78, 5) is 9.42. The highest BCUT2D eigenvalue weighted by Gasteiger charge is 2.34. The van der Waals surface area contributed by atoms with Gasteiger partial charge in [-0.25, -0.2) is 0 Å². The van der Waals surface area contributed by atoms with Crippen LogP contribution in [0.5, 0.6) is 0 Å². The maximum atomic E-state index is 12.4. The van der Waals surface area contributed by atoms with E-state index < -0.39 is 22.4 Å². The summed E-state index contributed by atoms with van der Waals surface area (Å²) in [6, 6.07) is 1.38. The number of benzene rings is 1. The van der Waals surface area contributed by atoms with Crippen molar-refractivity contribution in [1.29, 1.82) is 0 Å². The zero-order valence-corrected chi connectivity index (χ0v) is 8.19. The summed E-state index contributed by atoms with van der Waals surface area (Å²) in [6.45, 7) is 1.19. The Kier molecular flexibility index (Phi) is 2.90. The van der Waals surface area contributed by atoms with Crippen LogP contribution in [0.4, 0.5) is 18.9 Å². The number of nitro groups is 1. The van der Waals surface area contributed by atoms with Crippen LogP contribution in [0, 0.1) is 17.0 Å². The average Bonchev–Trinajstić information content (AvgIpc) is 2.00. The van der Waals surface area contributed by atoms with Crippen molar-refractivity contribution in [3.8, 4) is 0 Å². The van der Waals surface area contributed by atoms with Crippen molar-refractivity contribution >= 4 is 17.3 Å². The molecule has 1 aromatic rings. The van der Waals surface area contributed by atoms with Gasteiger partial charge in [-0.2, -0.15) is 13.2 Å². The highest BCUT2D eigenvalue weighted by Crippen LogP contribution is 2.37. The van der Waals surface area contributed by atoms with Crippen LogP contribution in [0.25, 0.3) is 0 Å². The fourth-order valence-electron chi connectivity index (χ4n) is 1.11. The Labute approximate surface area is 87.6 Å². The number of aryl methyl sites for hydroxylation is 1. The monoisotopic (exact) mass is 239 g/mol. The van der Waals surface area contributed by atoms with Crippen molar-refractivity contribution in [1.82, 2.24) is 0 Å². The normalized spacial score (nSPS) is 11.5. The van der Waals surface area contributed by atoms with Gasteiger partial charge in [0.15, 0.2) is 0 Å². The Morgan fingerprint density at radius 1 is 1.40 bits per heavy atom. The van der Waals surface area contributed by atoms with Crippen LogP contribution >= 0.6 is 11.6 Å². The predicted octanol–water partition coefficient (Wildman–Crippen LogP) is 3.58. The van der Waals surface area contributed by atoms with Crippen molar-refractivity contribution in [3.63, 3.8) is 0 Å². The summed E-state index contributed by atoms with van der Waals surface area (Å²) in [5.41, 5.74) is -1.92. The number of nitrogens with zero attached hydrogens (tertiary/aromatic N) is 1. The second-order valence-electron chi connectivity index (χ2n) is 2.87. The van der Waals surface area contributed by atoms with Crippen LogP contribution in [0.3, 0.4) is 0 Å². The van der Waals surface area contributed by atoms with Gasteiger partial charge in [-0.1, -0.05) is 11.6 Å². The Morgan fingerprint density at radius 3 is 2.33 bits per heavy atom. The molecule has 0 atom stereocenters. The van der Waals surface area contributed by atoms with E-state index in [-0.39, 0.29) is 10.6 Å². The smallest absolute Gasteiger partial charge is 0.258 e. The molecule has 82 valence electrons. The minimum atomic E-state index is -4.61. The largest absolute Gasteiger partial charge is 0.416 e. The van der Waals surface area contributed by atoms with Crippen molar-refractivity contribution in [3.05, 3.63) is 38.4 Å². The molecule has 1 aromatic carbocycles. The highest BCUT2D eigenvalue weighted by molar-refractivity contribution is 6.32. The lowest BCUT2D eigenvalue weighted by atomic mass is 10.1. The molecular formula is C8H5ClF3NO2. The number of nitro benzene ring substituents is 1. The average molecular weight is 240 g/mol. The molecule has 0 saturated heterocycles. The first-order valence-electron chi connectivity index (χ1n) is 3.75. The van der Waals surface area contributed by atoms with E-state index in [1.807, 2.05) is 0 Å². The van der Waals surface area contributed by atoms with E-state index in [2.05, 4.69) is 0 Å². The third-order valence-electron chi connectivity index (χ3n) is 1.80. The van der Waals surface area contributed by atoms with E-state index >= 15 is 0 Å². The number of hydrogen-bond acceptors (Lipinski definition) is 2. The quantitative estimate of drug-likeness (QED) is 0.555. The molecular weight excluding hydrogens is 235 g/mol. The SMILES string of the molecule is Cc1cc(Cl)c([N+](=O)[O-])cc1C(F)(F)F. The van der Waals surface area contributed by atoms with Crippen LogP contribution in [0.2, 0.25) is 5.02 Å². The van der Waals surface area contributed by atoms with Crippen LogP contribution < -0.4 is 0 Å². The van der Waals surface area contributed by atoms with Gasteiger partial charge < -0.3 is 0 Å². The fraction of sp³-hybridized carbons (Fsp3) is 0.250. The van der Waals surface area contributed by atoms with Crippen molar-refractivity contribution in [2.75, 3.05) is 0 Å². The topological polar surface area (TPSA) is 43.1 Å². The molecule has 0 radical (unpaired) electrons. The third-order valence-corrected chi connectivity index (χ3v) is 2.10. The van der Waals surface area contributed by atoms with Crippen molar-refractivity contribution in [2.24, 2.45) is 0 Å². The lowest BCUT2D eigenvalue weighted by molar-refractivity contribution is -0.385. The van der Waals surface area contributed by atoms with Crippen LogP contribution in [0.15, 0.2) is 12.1 Å². The molecule has 0 aliphatic rings. The molecule has 0 bridgehead atoms. The molecule has 0 fully saturated rings. The number of hydrogen-bond donors (Lipinski definition) is 0. The Hall–Kier alpha value is -1.30. The third kappa shape index (κ3) is 2.38. The molecule has 0 aliphatic carbocycles. The van der Waals surface area contributed by atoms with Gasteiger partial charge in [0.2, 0.25) is 0 Å². The van der Waals surface area contributed by atoms with Gasteiger partial charge in [0.1, 0.15) is 5.02 Å². The number of rotatable bonds is 1. The first-order chi connectivity index (χ1) is 6.73. The summed E-state index contributed by atoms with van der Waals surface area (Å²) < 4.78 is 37.1. The molecule has 7 heteroatoms. The molecule has 0 N–H and O–H groups in total. The predicted molar refractivity (Wildman–Crippen MR) is 47.8 cm³/mol. The summed E-state index contributed by atoms with van der Waals surface area (Å²) in [7, 11) is 0. The lowest BCUT2D eigenvalue weighted by Crippen LogP contribution is -2.08. The Bertz CT molecular complexity index is 417. The lowest BCUT2D eigenvalue weighted by Gasteiger charge is -2.10. The van der Waals surface area contributed by atoms with Gasteiger partial charge in [-0.05, 0) is 18.6 Å². The summed E-state index contributed by atoms with van der Waals surface area (Å²) in [5, 5.41) is 10.1. The van der Waals surface area contributed by atoms with Crippen LogP contribution in [-0.4, -0.2) is 4.92 Å². The van der Waals surface area contributed by atoms with Gasteiger partial charge in [-0.15, -0.1) is 0 Å². The van der Waals surface area contributed by atoms with E-state index in [9.17, 15) is 23.3 Å². The van der Waals surface area contributed by atoms with Gasteiger partial charge in [0.05, 0.1) is 10.5 Å². The zero-order chi connectivity index (χ0) is 11.8. The first-order valence-corrected chi connectivity index (χ1v) is 4.13.